The minimum atomic E-state index is -4.32. The van der Waals surface area contributed by atoms with E-state index < -0.39 is 11.7 Å². The molecule has 2 aromatic rings. The van der Waals surface area contributed by atoms with Gasteiger partial charge in [0, 0.05) is 53.0 Å². The number of alkyl halides is 3. The largest absolute Gasteiger partial charge is 0.416 e. The minimum absolute atomic E-state index is 0. The third-order valence-corrected chi connectivity index (χ3v) is 4.00. The quantitative estimate of drug-likeness (QED) is 0.378. The van der Waals surface area contributed by atoms with E-state index in [1.807, 2.05) is 43.1 Å². The average molecular weight is 507 g/mol. The molecule has 154 valence electrons. The maximum atomic E-state index is 12.7. The summed E-state index contributed by atoms with van der Waals surface area (Å²) in [4.78, 5) is 12.4. The van der Waals surface area contributed by atoms with Crippen molar-refractivity contribution in [2.24, 2.45) is 4.99 Å². The third-order valence-electron chi connectivity index (χ3n) is 4.00. The van der Waals surface area contributed by atoms with Crippen LogP contribution in [0.1, 0.15) is 16.7 Å². The highest BCUT2D eigenvalue weighted by Gasteiger charge is 2.29. The molecule has 1 N–H and O–H groups in total. The second-order valence-corrected chi connectivity index (χ2v) is 6.33. The van der Waals surface area contributed by atoms with Gasteiger partial charge in [-0.15, -0.1) is 24.0 Å². The molecule has 0 aliphatic heterocycles. The van der Waals surface area contributed by atoms with Gasteiger partial charge in [-0.1, -0.05) is 18.2 Å². The van der Waals surface area contributed by atoms with Crippen molar-refractivity contribution in [1.82, 2.24) is 15.2 Å². The lowest BCUT2D eigenvalue weighted by Gasteiger charge is -2.23. The van der Waals surface area contributed by atoms with Gasteiger partial charge in [0.2, 0.25) is 0 Å². The number of pyridine rings is 1. The van der Waals surface area contributed by atoms with Crippen LogP contribution < -0.4 is 10.2 Å². The number of guanidine groups is 1. The fraction of sp³-hybridized carbons (Fsp3) is 0.368. The van der Waals surface area contributed by atoms with E-state index in [0.29, 0.717) is 19.0 Å². The predicted molar refractivity (Wildman–Crippen MR) is 117 cm³/mol. The van der Waals surface area contributed by atoms with E-state index in [4.69, 9.17) is 0 Å². The van der Waals surface area contributed by atoms with Crippen LogP contribution in [0.15, 0.2) is 47.6 Å². The number of nitrogens with zero attached hydrogens (tertiary/aromatic N) is 4. The lowest BCUT2D eigenvalue weighted by molar-refractivity contribution is -0.137. The van der Waals surface area contributed by atoms with Crippen LogP contribution in [0.25, 0.3) is 0 Å². The summed E-state index contributed by atoms with van der Waals surface area (Å²) in [7, 11) is 7.36. The van der Waals surface area contributed by atoms with Crippen LogP contribution in [-0.2, 0) is 19.3 Å². The van der Waals surface area contributed by atoms with Gasteiger partial charge in [0.25, 0.3) is 0 Å². The van der Waals surface area contributed by atoms with Gasteiger partial charge in [-0.2, -0.15) is 13.2 Å². The van der Waals surface area contributed by atoms with Crippen molar-refractivity contribution in [1.29, 1.82) is 0 Å². The summed E-state index contributed by atoms with van der Waals surface area (Å²) in [5.41, 5.74) is 1.14. The number of anilines is 1. The topological polar surface area (TPSA) is 43.8 Å². The molecule has 9 heteroatoms. The van der Waals surface area contributed by atoms with Crippen molar-refractivity contribution in [2.45, 2.75) is 19.3 Å². The Morgan fingerprint density at radius 1 is 1.11 bits per heavy atom. The van der Waals surface area contributed by atoms with Gasteiger partial charge in [0.15, 0.2) is 5.96 Å². The Labute approximate surface area is 180 Å². The number of hydrogen-bond donors (Lipinski definition) is 1. The summed E-state index contributed by atoms with van der Waals surface area (Å²) in [5.74, 6) is 1.51. The van der Waals surface area contributed by atoms with E-state index in [2.05, 4.69) is 15.3 Å². The first-order chi connectivity index (χ1) is 12.7. The van der Waals surface area contributed by atoms with Gasteiger partial charge in [-0.3, -0.25) is 4.99 Å². The van der Waals surface area contributed by atoms with Gasteiger partial charge in [-0.05, 0) is 23.8 Å². The molecule has 0 spiro atoms. The molecule has 0 amide bonds. The van der Waals surface area contributed by atoms with Gasteiger partial charge >= 0.3 is 6.18 Å². The van der Waals surface area contributed by atoms with E-state index in [-0.39, 0.29) is 24.0 Å². The Kier molecular flexibility index (Phi) is 8.99. The molecular formula is C19H25F3IN5. The van der Waals surface area contributed by atoms with Gasteiger partial charge in [0.05, 0.1) is 5.56 Å². The van der Waals surface area contributed by atoms with Crippen molar-refractivity contribution in [3.8, 4) is 0 Å². The molecule has 1 aromatic heterocycles. The van der Waals surface area contributed by atoms with Crippen molar-refractivity contribution in [2.75, 3.05) is 33.1 Å². The van der Waals surface area contributed by atoms with E-state index in [0.717, 1.165) is 29.1 Å². The molecule has 0 bridgehead atoms. The van der Waals surface area contributed by atoms with Crippen LogP contribution >= 0.6 is 24.0 Å². The average Bonchev–Trinajstić information content (AvgIpc) is 2.62. The number of benzene rings is 1. The van der Waals surface area contributed by atoms with E-state index >= 15 is 0 Å². The Balaban J connectivity index is 0.00000392. The van der Waals surface area contributed by atoms with Crippen LogP contribution in [0.5, 0.6) is 0 Å². The molecule has 0 saturated carbocycles. The molecule has 0 unspecified atom stereocenters. The smallest absolute Gasteiger partial charge is 0.362 e. The zero-order valence-corrected chi connectivity index (χ0v) is 18.6. The maximum Gasteiger partial charge on any atom is 0.416 e. The number of aromatic nitrogens is 1. The van der Waals surface area contributed by atoms with Crippen molar-refractivity contribution < 1.29 is 13.2 Å². The van der Waals surface area contributed by atoms with E-state index in [9.17, 15) is 13.2 Å². The molecular weight excluding hydrogens is 482 g/mol. The summed E-state index contributed by atoms with van der Waals surface area (Å²) < 4.78 is 38.0. The first kappa shape index (κ1) is 24.0. The fourth-order valence-corrected chi connectivity index (χ4v) is 2.68. The van der Waals surface area contributed by atoms with Crippen LogP contribution in [-0.4, -0.2) is 44.0 Å². The van der Waals surface area contributed by atoms with Crippen molar-refractivity contribution in [3.05, 3.63) is 59.3 Å². The van der Waals surface area contributed by atoms with Crippen molar-refractivity contribution in [3.63, 3.8) is 0 Å². The highest BCUT2D eigenvalue weighted by molar-refractivity contribution is 14.0. The minimum Gasteiger partial charge on any atom is -0.362 e. The highest BCUT2D eigenvalue weighted by atomic mass is 127. The Morgan fingerprint density at radius 3 is 2.29 bits per heavy atom. The maximum absolute atomic E-state index is 12.7. The lowest BCUT2D eigenvalue weighted by Crippen LogP contribution is -2.38. The van der Waals surface area contributed by atoms with Crippen LogP contribution in [0.4, 0.5) is 19.0 Å². The van der Waals surface area contributed by atoms with E-state index in [1.165, 1.54) is 12.1 Å². The Bertz CT molecular complexity index is 776. The summed E-state index contributed by atoms with van der Waals surface area (Å²) in [6, 6.07) is 9.02. The Hall–Kier alpha value is -2.04. The number of aliphatic imine (C=N–C) groups is 1. The summed E-state index contributed by atoms with van der Waals surface area (Å²) in [6.07, 6.45) is -2.58. The first-order valence-corrected chi connectivity index (χ1v) is 8.41. The highest BCUT2D eigenvalue weighted by Crippen LogP contribution is 2.29. The second-order valence-electron chi connectivity index (χ2n) is 6.33. The van der Waals surface area contributed by atoms with E-state index in [1.54, 1.807) is 13.2 Å². The molecule has 1 heterocycles. The SMILES string of the molecule is CN=C(NCc1cccnc1N(C)C)N(C)Cc1ccc(C(F)(F)F)cc1.I. The number of hydrogen-bond acceptors (Lipinski definition) is 3. The predicted octanol–water partition coefficient (Wildman–Crippen LogP) is 3.99. The Morgan fingerprint density at radius 2 is 1.75 bits per heavy atom. The fourth-order valence-electron chi connectivity index (χ4n) is 2.68. The van der Waals surface area contributed by atoms with Crippen LogP contribution in [0.3, 0.4) is 0 Å². The monoisotopic (exact) mass is 507 g/mol. The zero-order chi connectivity index (χ0) is 20.0. The number of halogens is 4. The molecule has 0 radical (unpaired) electrons. The molecule has 0 atom stereocenters. The standard InChI is InChI=1S/C19H24F3N5.HI/c1-23-18(25-12-15-6-5-11-24-17(15)26(2)3)27(4)13-14-7-9-16(10-8-14)19(20,21)22;/h5-11H,12-13H2,1-4H3,(H,23,25);1H. The summed E-state index contributed by atoms with van der Waals surface area (Å²) in [5, 5.41) is 3.27. The molecule has 0 aliphatic carbocycles. The van der Waals surface area contributed by atoms with Gasteiger partial charge in [-0.25, -0.2) is 4.98 Å². The second kappa shape index (κ2) is 10.5. The molecule has 5 nitrogen and oxygen atoms in total. The molecule has 0 fully saturated rings. The van der Waals surface area contributed by atoms with Gasteiger partial charge in [0.1, 0.15) is 5.82 Å². The summed E-state index contributed by atoms with van der Waals surface area (Å²) in [6.45, 7) is 0.969. The van der Waals surface area contributed by atoms with Crippen LogP contribution in [0.2, 0.25) is 0 Å². The van der Waals surface area contributed by atoms with Crippen LogP contribution in [0, 0.1) is 0 Å². The zero-order valence-electron chi connectivity index (χ0n) is 16.3. The third kappa shape index (κ3) is 6.54. The molecule has 28 heavy (non-hydrogen) atoms. The first-order valence-electron chi connectivity index (χ1n) is 8.41. The summed E-state index contributed by atoms with van der Waals surface area (Å²) >= 11 is 0. The van der Waals surface area contributed by atoms with Crippen molar-refractivity contribution >= 4 is 35.8 Å². The molecule has 1 aromatic carbocycles. The molecule has 0 aliphatic rings. The number of rotatable bonds is 5. The van der Waals surface area contributed by atoms with Gasteiger partial charge < -0.3 is 15.1 Å². The molecule has 0 saturated heterocycles. The lowest BCUT2D eigenvalue weighted by atomic mass is 10.1. The molecule has 2 rings (SSSR count). The normalized spacial score (nSPS) is 11.6. The number of nitrogens with one attached hydrogen (secondary N) is 1.